The highest BCUT2D eigenvalue weighted by Crippen LogP contribution is 2.27. The smallest absolute Gasteiger partial charge is 0.160 e. The van der Waals surface area contributed by atoms with E-state index in [2.05, 4.69) is 39.7 Å². The zero-order valence-electron chi connectivity index (χ0n) is 17.7. The lowest BCUT2D eigenvalue weighted by molar-refractivity contribution is 0.0926. The number of hydrogen-bond donors (Lipinski definition) is 2. The fraction of sp³-hybridized carbons (Fsp3) is 0.455. The van der Waals surface area contributed by atoms with E-state index in [1.165, 1.54) is 0 Å². The first-order valence-corrected chi connectivity index (χ1v) is 12.3. The zero-order valence-corrected chi connectivity index (χ0v) is 18.5. The highest BCUT2D eigenvalue weighted by atomic mass is 32.2. The third-order valence-electron chi connectivity index (χ3n) is 5.26. The summed E-state index contributed by atoms with van der Waals surface area (Å²) in [5, 5.41) is 7.09. The van der Waals surface area contributed by atoms with Crippen molar-refractivity contribution in [1.82, 2.24) is 24.8 Å². The molecule has 30 heavy (non-hydrogen) atoms. The number of hydrogen-bond acceptors (Lipinski definition) is 6. The van der Waals surface area contributed by atoms with E-state index in [0.29, 0.717) is 25.3 Å². The fourth-order valence-corrected chi connectivity index (χ4v) is 4.15. The van der Waals surface area contributed by atoms with Crippen molar-refractivity contribution in [2.75, 3.05) is 37.0 Å². The van der Waals surface area contributed by atoms with Crippen LogP contribution in [-0.2, 0) is 11.5 Å². The van der Waals surface area contributed by atoms with Crippen molar-refractivity contribution >= 4 is 33.3 Å². The molecule has 0 aliphatic carbocycles. The van der Waals surface area contributed by atoms with E-state index in [9.17, 15) is 0 Å². The van der Waals surface area contributed by atoms with E-state index < -0.39 is 0 Å². The number of nitrogens with one attached hydrogen (secondary N) is 2. The summed E-state index contributed by atoms with van der Waals surface area (Å²) >= 11 is 0. The summed E-state index contributed by atoms with van der Waals surface area (Å²) < 4.78 is 7.75. The van der Waals surface area contributed by atoms with Crippen molar-refractivity contribution in [3.63, 3.8) is 0 Å². The Morgan fingerprint density at radius 2 is 2.27 bits per heavy atom. The van der Waals surface area contributed by atoms with Crippen LogP contribution in [0.5, 0.6) is 0 Å². The molecule has 0 radical (unpaired) electrons. The second kappa shape index (κ2) is 9.68. The first-order valence-electron chi connectivity index (χ1n) is 10.3. The Bertz CT molecular complexity index is 1030. The maximum Gasteiger partial charge on any atom is 0.160 e. The molecule has 1 fully saturated rings. The minimum atomic E-state index is 0. The van der Waals surface area contributed by atoms with Gasteiger partial charge in [0.2, 0.25) is 0 Å². The van der Waals surface area contributed by atoms with Crippen LogP contribution in [0.2, 0.25) is 0 Å². The quantitative estimate of drug-likeness (QED) is 0.419. The molecule has 0 aromatic carbocycles. The summed E-state index contributed by atoms with van der Waals surface area (Å²) in [7, 11) is 0.149. The average molecular weight is 431 g/mol. The molecule has 2 N–H and O–H groups in total. The summed E-state index contributed by atoms with van der Waals surface area (Å²) in [6, 6.07) is 6.33. The standard InChI is InChI=1S/C22H30N6OS.2H2/c1-16-11-17(13-23-12-16)26-21-18(5-4-7-24-21)20-14-25-22-19(27-20)6-8-28(22)15-29-9-10-30(2)3;;/h4-8,14,16-17,23H,2,9-13,15H2,1,3H3,(H,24,26);2*1H/t16-,17-,30?;;/m0../s1. The van der Waals surface area contributed by atoms with Gasteiger partial charge in [-0.25, -0.2) is 15.0 Å². The van der Waals surface area contributed by atoms with Gasteiger partial charge >= 0.3 is 0 Å². The zero-order chi connectivity index (χ0) is 20.9. The monoisotopic (exact) mass is 430 g/mol. The molecule has 164 valence electrons. The van der Waals surface area contributed by atoms with Crippen molar-refractivity contribution in [3.8, 4) is 11.3 Å². The highest BCUT2D eigenvalue weighted by molar-refractivity contribution is 8.13. The van der Waals surface area contributed by atoms with Crippen LogP contribution in [0.25, 0.3) is 22.4 Å². The van der Waals surface area contributed by atoms with Crippen LogP contribution >= 0.6 is 10.5 Å². The van der Waals surface area contributed by atoms with E-state index in [4.69, 9.17) is 9.72 Å². The number of pyridine rings is 1. The lowest BCUT2D eigenvalue weighted by Gasteiger charge is -2.29. The minimum Gasteiger partial charge on any atom is -0.365 e. The number of fused-ring (bicyclic) bond motifs is 1. The second-order valence-electron chi connectivity index (χ2n) is 8.01. The molecule has 4 rings (SSSR count). The molecular weight excluding hydrogens is 396 g/mol. The van der Waals surface area contributed by atoms with Gasteiger partial charge in [0, 0.05) is 39.1 Å². The number of aromatic nitrogens is 4. The van der Waals surface area contributed by atoms with Crippen LogP contribution in [0.15, 0.2) is 36.8 Å². The summed E-state index contributed by atoms with van der Waals surface area (Å²) in [5.41, 5.74) is 3.47. The molecule has 1 unspecified atom stereocenters. The molecule has 1 aliphatic heterocycles. The van der Waals surface area contributed by atoms with Crippen LogP contribution in [0.1, 0.15) is 16.2 Å². The first kappa shape index (κ1) is 21.0. The van der Waals surface area contributed by atoms with Crippen molar-refractivity contribution in [2.45, 2.75) is 26.1 Å². The van der Waals surface area contributed by atoms with Crippen LogP contribution in [0.4, 0.5) is 5.82 Å². The predicted octanol–water partition coefficient (Wildman–Crippen LogP) is 3.70. The van der Waals surface area contributed by atoms with Gasteiger partial charge in [0.25, 0.3) is 0 Å². The molecule has 0 saturated carbocycles. The second-order valence-corrected chi connectivity index (χ2v) is 9.98. The van der Waals surface area contributed by atoms with Crippen LogP contribution < -0.4 is 10.6 Å². The number of piperidine rings is 1. The predicted molar refractivity (Wildman–Crippen MR) is 131 cm³/mol. The van der Waals surface area contributed by atoms with Gasteiger partial charge in [-0.3, -0.25) is 0 Å². The molecule has 8 heteroatoms. The Labute approximate surface area is 183 Å². The molecule has 0 spiro atoms. The minimum absolute atomic E-state index is 0. The lowest BCUT2D eigenvalue weighted by Crippen LogP contribution is -2.42. The maximum atomic E-state index is 5.76. The van der Waals surface area contributed by atoms with Crippen LogP contribution in [0.3, 0.4) is 0 Å². The van der Waals surface area contributed by atoms with E-state index in [1.807, 2.05) is 41.4 Å². The van der Waals surface area contributed by atoms with E-state index in [0.717, 1.165) is 53.5 Å². The highest BCUT2D eigenvalue weighted by Gasteiger charge is 2.20. The summed E-state index contributed by atoms with van der Waals surface area (Å²) in [6.45, 7) is 5.47. The number of rotatable bonds is 8. The average Bonchev–Trinajstić information content (AvgIpc) is 3.14. The van der Waals surface area contributed by atoms with Crippen molar-refractivity contribution < 1.29 is 7.59 Å². The molecule has 1 aliphatic rings. The Morgan fingerprint density at radius 3 is 3.10 bits per heavy atom. The van der Waals surface area contributed by atoms with Crippen molar-refractivity contribution in [1.29, 1.82) is 0 Å². The van der Waals surface area contributed by atoms with E-state index >= 15 is 0 Å². The van der Waals surface area contributed by atoms with Crippen LogP contribution in [0, 0.1) is 5.92 Å². The summed E-state index contributed by atoms with van der Waals surface area (Å²) in [4.78, 5) is 14.1. The molecule has 7 nitrogen and oxygen atoms in total. The molecule has 3 aromatic rings. The molecule has 0 bridgehead atoms. The molecule has 3 aromatic heterocycles. The van der Waals surface area contributed by atoms with Gasteiger partial charge in [-0.2, -0.15) is 10.5 Å². The molecule has 1 saturated heterocycles. The maximum absolute atomic E-state index is 5.76. The third kappa shape index (κ3) is 5.06. The number of anilines is 1. The molecular formula is C22H34N6OS. The fourth-order valence-electron chi connectivity index (χ4n) is 3.75. The Morgan fingerprint density at radius 1 is 1.37 bits per heavy atom. The largest absolute Gasteiger partial charge is 0.365 e. The molecule has 4 heterocycles. The van der Waals surface area contributed by atoms with Gasteiger partial charge in [-0.05, 0) is 43.3 Å². The lowest BCUT2D eigenvalue weighted by atomic mass is 9.97. The number of ether oxygens (including phenoxy) is 1. The van der Waals surface area contributed by atoms with Crippen molar-refractivity contribution in [3.05, 3.63) is 36.8 Å². The van der Waals surface area contributed by atoms with Gasteiger partial charge in [0.05, 0.1) is 18.5 Å². The Hall–Kier alpha value is -2.29. The van der Waals surface area contributed by atoms with E-state index in [-0.39, 0.29) is 13.3 Å². The third-order valence-corrected chi connectivity index (χ3v) is 6.13. The van der Waals surface area contributed by atoms with Gasteiger partial charge in [0.1, 0.15) is 18.1 Å². The van der Waals surface area contributed by atoms with Gasteiger partial charge in [-0.15, -0.1) is 0 Å². The molecule has 0 amide bonds. The van der Waals surface area contributed by atoms with Gasteiger partial charge < -0.3 is 19.9 Å². The number of nitrogens with zero attached hydrogens (tertiary/aromatic N) is 4. The van der Waals surface area contributed by atoms with Gasteiger partial charge in [0.15, 0.2) is 5.65 Å². The van der Waals surface area contributed by atoms with Crippen molar-refractivity contribution in [2.24, 2.45) is 5.92 Å². The topological polar surface area (TPSA) is 76.9 Å². The van der Waals surface area contributed by atoms with Crippen LogP contribution in [-0.4, -0.2) is 63.1 Å². The molecule has 3 atom stereocenters. The first-order chi connectivity index (χ1) is 14.6. The van der Waals surface area contributed by atoms with Gasteiger partial charge in [-0.1, -0.05) is 12.8 Å². The van der Waals surface area contributed by atoms with E-state index in [1.54, 1.807) is 0 Å². The Kier molecular flexibility index (Phi) is 6.76. The Balaban J connectivity index is 0.00000181. The summed E-state index contributed by atoms with van der Waals surface area (Å²) in [6.07, 6.45) is 8.86. The SMILES string of the molecule is C=S(C)CCOCn1ccc2nc(-c3cccnc3N[C@@H]3CNC[C@@H](C)C3)cnc21.[HH].[HH]. The summed E-state index contributed by atoms with van der Waals surface area (Å²) in [5.74, 6) is 6.50. The normalized spacial score (nSPS) is 20.3.